The van der Waals surface area contributed by atoms with Crippen LogP contribution in [-0.4, -0.2) is 14.5 Å². The second kappa shape index (κ2) is 6.55. The normalized spacial score (nSPS) is 23.2. The van der Waals surface area contributed by atoms with E-state index in [1.807, 2.05) is 0 Å². The number of hydrogen-bond acceptors (Lipinski definition) is 3. The second-order valence-corrected chi connectivity index (χ2v) is 7.98. The maximum atomic E-state index is 12.5. The molecule has 0 spiro atoms. The molecular weight excluding hydrogens is 308 g/mol. The lowest BCUT2D eigenvalue weighted by molar-refractivity contribution is 0.306. The van der Waals surface area contributed by atoms with E-state index in [9.17, 15) is 8.42 Å². The summed E-state index contributed by atoms with van der Waals surface area (Å²) in [7, 11) is -3.62. The molecule has 6 heteroatoms. The molecule has 0 heterocycles. The molecule has 0 bridgehead atoms. The number of halogens is 1. The Labute approximate surface area is 132 Å². The molecule has 0 atom stereocenters. The first-order valence-corrected chi connectivity index (χ1v) is 9.27. The summed E-state index contributed by atoms with van der Waals surface area (Å²) in [5.74, 6) is 0.726. The average molecular weight is 331 g/mol. The Bertz CT molecular complexity index is 608. The Morgan fingerprint density at radius 3 is 2.48 bits per heavy atom. The molecule has 0 amide bonds. The van der Waals surface area contributed by atoms with E-state index in [4.69, 9.17) is 17.3 Å². The molecule has 4 nitrogen and oxygen atoms in total. The van der Waals surface area contributed by atoms with Crippen LogP contribution >= 0.6 is 11.6 Å². The van der Waals surface area contributed by atoms with Gasteiger partial charge in [-0.1, -0.05) is 24.9 Å². The molecule has 0 unspecified atom stereocenters. The largest absolute Gasteiger partial charge is 0.398 e. The van der Waals surface area contributed by atoms with Gasteiger partial charge in [-0.15, -0.1) is 0 Å². The summed E-state index contributed by atoms with van der Waals surface area (Å²) >= 11 is 6.07. The van der Waals surface area contributed by atoms with E-state index in [0.29, 0.717) is 5.69 Å². The SMILES string of the molecule is CCC1CCC(NS(=O)(=O)c2cc(N)c(C)cc2Cl)CC1. The third-order valence-corrected chi connectivity index (χ3v) is 6.34. The van der Waals surface area contributed by atoms with Gasteiger partial charge in [0.05, 0.1) is 5.02 Å². The maximum absolute atomic E-state index is 12.5. The molecule has 1 fully saturated rings. The van der Waals surface area contributed by atoms with Crippen LogP contribution in [0.4, 0.5) is 5.69 Å². The summed E-state index contributed by atoms with van der Waals surface area (Å²) in [5.41, 5.74) is 7.02. The zero-order valence-corrected chi connectivity index (χ0v) is 14.1. The number of aryl methyl sites for hydroxylation is 1. The molecule has 0 radical (unpaired) electrons. The number of sulfonamides is 1. The highest BCUT2D eigenvalue weighted by Gasteiger charge is 2.26. The lowest BCUT2D eigenvalue weighted by Crippen LogP contribution is -2.37. The standard InChI is InChI=1S/C15H23ClN2O2S/c1-3-11-4-6-12(7-5-11)18-21(19,20)15-9-14(17)10(2)8-13(15)16/h8-9,11-12,18H,3-7,17H2,1-2H3. The monoisotopic (exact) mass is 330 g/mol. The van der Waals surface area contributed by atoms with Crippen LogP contribution in [0.3, 0.4) is 0 Å². The van der Waals surface area contributed by atoms with E-state index >= 15 is 0 Å². The molecule has 1 aromatic rings. The summed E-state index contributed by atoms with van der Waals surface area (Å²) < 4.78 is 27.7. The molecule has 118 valence electrons. The number of benzene rings is 1. The summed E-state index contributed by atoms with van der Waals surface area (Å²) in [6, 6.07) is 3.04. The molecule has 0 aromatic heterocycles. The van der Waals surface area contributed by atoms with Gasteiger partial charge >= 0.3 is 0 Å². The van der Waals surface area contributed by atoms with Gasteiger partial charge in [0.1, 0.15) is 4.90 Å². The third-order valence-electron chi connectivity index (χ3n) is 4.36. The summed E-state index contributed by atoms with van der Waals surface area (Å²) in [6.45, 7) is 3.99. The number of nitrogen functional groups attached to an aromatic ring is 1. The van der Waals surface area contributed by atoms with Crippen LogP contribution in [0.1, 0.15) is 44.6 Å². The van der Waals surface area contributed by atoms with Crippen molar-refractivity contribution in [1.29, 1.82) is 0 Å². The lowest BCUT2D eigenvalue weighted by atomic mass is 9.85. The van der Waals surface area contributed by atoms with Crippen molar-refractivity contribution >= 4 is 27.3 Å². The number of nitrogens with one attached hydrogen (secondary N) is 1. The van der Waals surface area contributed by atoms with Crippen molar-refractivity contribution in [1.82, 2.24) is 4.72 Å². The van der Waals surface area contributed by atoms with E-state index in [1.54, 1.807) is 13.0 Å². The first-order chi connectivity index (χ1) is 9.83. The molecule has 1 aliphatic carbocycles. The maximum Gasteiger partial charge on any atom is 0.242 e. The van der Waals surface area contributed by atoms with E-state index in [-0.39, 0.29) is 16.0 Å². The van der Waals surface area contributed by atoms with Gasteiger partial charge in [0.2, 0.25) is 10.0 Å². The highest BCUT2D eigenvalue weighted by atomic mass is 35.5. The predicted molar refractivity (Wildman–Crippen MR) is 87.0 cm³/mol. The van der Waals surface area contributed by atoms with Crippen molar-refractivity contribution in [2.75, 3.05) is 5.73 Å². The minimum Gasteiger partial charge on any atom is -0.398 e. The van der Waals surface area contributed by atoms with E-state index in [0.717, 1.165) is 37.2 Å². The van der Waals surface area contributed by atoms with Crippen molar-refractivity contribution in [3.8, 4) is 0 Å². The van der Waals surface area contributed by atoms with Crippen LogP contribution in [0.25, 0.3) is 0 Å². The first-order valence-electron chi connectivity index (χ1n) is 7.41. The van der Waals surface area contributed by atoms with Crippen molar-refractivity contribution in [2.24, 2.45) is 5.92 Å². The van der Waals surface area contributed by atoms with Gasteiger partial charge in [-0.3, -0.25) is 0 Å². The minimum atomic E-state index is -3.62. The highest BCUT2D eigenvalue weighted by molar-refractivity contribution is 7.89. The zero-order chi connectivity index (χ0) is 15.6. The van der Waals surface area contributed by atoms with Gasteiger partial charge in [0.15, 0.2) is 0 Å². The van der Waals surface area contributed by atoms with Crippen LogP contribution < -0.4 is 10.5 Å². The first kappa shape index (κ1) is 16.6. The van der Waals surface area contributed by atoms with Gasteiger partial charge < -0.3 is 5.73 Å². The second-order valence-electron chi connectivity index (χ2n) is 5.89. The van der Waals surface area contributed by atoms with Crippen LogP contribution in [-0.2, 0) is 10.0 Å². The average Bonchev–Trinajstić information content (AvgIpc) is 2.43. The van der Waals surface area contributed by atoms with Crippen molar-refractivity contribution in [2.45, 2.75) is 56.9 Å². The molecule has 1 aliphatic rings. The van der Waals surface area contributed by atoms with Crippen LogP contribution in [0.5, 0.6) is 0 Å². The Morgan fingerprint density at radius 2 is 1.90 bits per heavy atom. The fourth-order valence-electron chi connectivity index (χ4n) is 2.85. The van der Waals surface area contributed by atoms with Crippen molar-refractivity contribution in [3.05, 3.63) is 22.7 Å². The highest BCUT2D eigenvalue weighted by Crippen LogP contribution is 2.30. The smallest absolute Gasteiger partial charge is 0.242 e. The fraction of sp³-hybridized carbons (Fsp3) is 0.600. The molecule has 1 aromatic carbocycles. The Morgan fingerprint density at radius 1 is 1.29 bits per heavy atom. The number of hydrogen-bond donors (Lipinski definition) is 2. The quantitative estimate of drug-likeness (QED) is 0.830. The summed E-state index contributed by atoms with van der Waals surface area (Å²) in [5, 5.41) is 0.219. The Balaban J connectivity index is 2.14. The number of anilines is 1. The molecule has 0 saturated heterocycles. The topological polar surface area (TPSA) is 72.2 Å². The zero-order valence-electron chi connectivity index (χ0n) is 12.5. The van der Waals surface area contributed by atoms with Gasteiger partial charge in [-0.2, -0.15) is 0 Å². The van der Waals surface area contributed by atoms with Crippen molar-refractivity contribution < 1.29 is 8.42 Å². The van der Waals surface area contributed by atoms with Crippen LogP contribution in [0, 0.1) is 12.8 Å². The van der Waals surface area contributed by atoms with Gasteiger partial charge in [0, 0.05) is 11.7 Å². The summed E-state index contributed by atoms with van der Waals surface area (Å²) in [6.07, 6.45) is 5.09. The van der Waals surface area contributed by atoms with Gasteiger partial charge in [0.25, 0.3) is 0 Å². The Hall–Kier alpha value is -0.780. The minimum absolute atomic E-state index is 0.00334. The molecule has 3 N–H and O–H groups in total. The lowest BCUT2D eigenvalue weighted by Gasteiger charge is -2.28. The number of nitrogens with two attached hydrogens (primary N) is 1. The molecule has 2 rings (SSSR count). The van der Waals surface area contributed by atoms with Crippen molar-refractivity contribution in [3.63, 3.8) is 0 Å². The predicted octanol–water partition coefficient (Wildman–Crippen LogP) is 3.48. The van der Waals surface area contributed by atoms with E-state index < -0.39 is 10.0 Å². The van der Waals surface area contributed by atoms with Gasteiger partial charge in [-0.05, 0) is 56.2 Å². The molecule has 0 aliphatic heterocycles. The third kappa shape index (κ3) is 3.90. The fourth-order valence-corrected chi connectivity index (χ4v) is 4.77. The van der Waals surface area contributed by atoms with E-state index in [1.165, 1.54) is 12.5 Å². The number of rotatable bonds is 4. The Kier molecular flexibility index (Phi) is 5.17. The van der Waals surface area contributed by atoms with Gasteiger partial charge in [-0.25, -0.2) is 13.1 Å². The molecular formula is C15H23ClN2O2S. The van der Waals surface area contributed by atoms with E-state index in [2.05, 4.69) is 11.6 Å². The van der Waals surface area contributed by atoms with Crippen LogP contribution in [0.2, 0.25) is 5.02 Å². The molecule has 1 saturated carbocycles. The van der Waals surface area contributed by atoms with Crippen LogP contribution in [0.15, 0.2) is 17.0 Å². The molecule has 21 heavy (non-hydrogen) atoms. The summed E-state index contributed by atoms with van der Waals surface area (Å²) in [4.78, 5) is 0.0740.